The van der Waals surface area contributed by atoms with Gasteiger partial charge in [-0.15, -0.1) is 0 Å². The molecule has 2 aliphatic rings. The average molecular weight is 296 g/mol. The Morgan fingerprint density at radius 1 is 1.29 bits per heavy atom. The van der Waals surface area contributed by atoms with Crippen LogP contribution < -0.4 is 4.90 Å². The average Bonchev–Trinajstić information content (AvgIpc) is 2.91. The summed E-state index contributed by atoms with van der Waals surface area (Å²) in [5.74, 6) is 0.722. The van der Waals surface area contributed by atoms with E-state index in [0.717, 1.165) is 23.4 Å². The number of fused-ring (bicyclic) bond motifs is 1. The molecule has 4 N–H and O–H groups in total. The zero-order valence-electron chi connectivity index (χ0n) is 11.8. The van der Waals surface area contributed by atoms with Crippen molar-refractivity contribution in [2.24, 2.45) is 0 Å². The molecule has 21 heavy (non-hydrogen) atoms. The smallest absolute Gasteiger partial charge is 0.160 e. The quantitative estimate of drug-likeness (QED) is 0.529. The van der Waals surface area contributed by atoms with Crippen molar-refractivity contribution in [3.05, 3.63) is 23.4 Å². The molecule has 3 heterocycles. The van der Waals surface area contributed by atoms with Crippen molar-refractivity contribution >= 4 is 5.82 Å². The molecule has 0 spiro atoms. The molecule has 2 aliphatic heterocycles. The second-order valence-corrected chi connectivity index (χ2v) is 5.59. The van der Waals surface area contributed by atoms with Crippen LogP contribution in [0.1, 0.15) is 11.1 Å². The van der Waals surface area contributed by atoms with Gasteiger partial charge in [-0.2, -0.15) is 0 Å². The van der Waals surface area contributed by atoms with Gasteiger partial charge < -0.3 is 30.1 Å². The fourth-order valence-corrected chi connectivity index (χ4v) is 3.06. The van der Waals surface area contributed by atoms with E-state index in [-0.39, 0.29) is 0 Å². The number of hydrogen-bond donors (Lipinski definition) is 4. The highest BCUT2D eigenvalue weighted by Crippen LogP contribution is 2.33. The van der Waals surface area contributed by atoms with Crippen LogP contribution in [0, 0.1) is 6.92 Å². The number of rotatable bonds is 2. The van der Waals surface area contributed by atoms with E-state index in [1.807, 2.05) is 13.0 Å². The molecule has 116 valence electrons. The molecule has 3 rings (SSSR count). The van der Waals surface area contributed by atoms with E-state index in [9.17, 15) is 20.4 Å². The van der Waals surface area contributed by atoms with Gasteiger partial charge >= 0.3 is 0 Å². The molecular weight excluding hydrogens is 276 g/mol. The van der Waals surface area contributed by atoms with Crippen molar-refractivity contribution in [3.8, 4) is 0 Å². The van der Waals surface area contributed by atoms with Crippen molar-refractivity contribution in [3.63, 3.8) is 0 Å². The molecule has 1 aromatic heterocycles. The van der Waals surface area contributed by atoms with Crippen LogP contribution in [0.4, 0.5) is 5.82 Å². The highest BCUT2D eigenvalue weighted by molar-refractivity contribution is 5.55. The number of pyridine rings is 1. The summed E-state index contributed by atoms with van der Waals surface area (Å²) in [5.41, 5.74) is 2.21. The van der Waals surface area contributed by atoms with Crippen LogP contribution in [-0.2, 0) is 11.2 Å². The summed E-state index contributed by atoms with van der Waals surface area (Å²) in [4.78, 5) is 6.12. The summed E-state index contributed by atoms with van der Waals surface area (Å²) in [5, 5.41) is 39.2. The molecule has 0 amide bonds. The SMILES string of the molecule is Cc1ccnc2c1CCN2[C@@H]1O[C@H](CO)[C@@H](O)[C@H](O)[C@H]1O. The predicted octanol–water partition coefficient (Wildman–Crippen LogP) is -1.45. The van der Waals surface area contributed by atoms with Gasteiger partial charge in [0.1, 0.15) is 30.2 Å². The second kappa shape index (κ2) is 5.51. The molecule has 1 saturated heterocycles. The Hall–Kier alpha value is -1.25. The molecule has 0 saturated carbocycles. The molecule has 1 fully saturated rings. The predicted molar refractivity (Wildman–Crippen MR) is 73.8 cm³/mol. The largest absolute Gasteiger partial charge is 0.394 e. The van der Waals surface area contributed by atoms with Gasteiger partial charge in [0.2, 0.25) is 0 Å². The van der Waals surface area contributed by atoms with Crippen LogP contribution in [0.5, 0.6) is 0 Å². The number of aryl methyl sites for hydroxylation is 1. The van der Waals surface area contributed by atoms with E-state index in [4.69, 9.17) is 4.74 Å². The van der Waals surface area contributed by atoms with E-state index in [2.05, 4.69) is 4.98 Å². The van der Waals surface area contributed by atoms with Gasteiger partial charge in [-0.3, -0.25) is 0 Å². The van der Waals surface area contributed by atoms with Gasteiger partial charge in [0.15, 0.2) is 6.23 Å². The number of nitrogens with zero attached hydrogens (tertiary/aromatic N) is 2. The normalized spacial score (nSPS) is 35.9. The lowest BCUT2D eigenvalue weighted by Crippen LogP contribution is -2.63. The summed E-state index contributed by atoms with van der Waals surface area (Å²) >= 11 is 0. The van der Waals surface area contributed by atoms with E-state index in [1.165, 1.54) is 0 Å². The first-order chi connectivity index (χ1) is 10.0. The topological polar surface area (TPSA) is 106 Å². The molecule has 7 heteroatoms. The Balaban J connectivity index is 1.90. The Bertz CT molecular complexity index is 524. The van der Waals surface area contributed by atoms with Gasteiger partial charge in [0.05, 0.1) is 6.61 Å². The first-order valence-corrected chi connectivity index (χ1v) is 7.06. The maximum atomic E-state index is 10.2. The van der Waals surface area contributed by atoms with Crippen LogP contribution in [-0.4, -0.2) is 69.2 Å². The van der Waals surface area contributed by atoms with Gasteiger partial charge in [0.25, 0.3) is 0 Å². The lowest BCUT2D eigenvalue weighted by Gasteiger charge is -2.43. The highest BCUT2D eigenvalue weighted by atomic mass is 16.6. The van der Waals surface area contributed by atoms with E-state index in [1.54, 1.807) is 11.1 Å². The number of aliphatic hydroxyl groups is 4. The monoisotopic (exact) mass is 296 g/mol. The van der Waals surface area contributed by atoms with Crippen LogP contribution in [0.3, 0.4) is 0 Å². The summed E-state index contributed by atoms with van der Waals surface area (Å²) in [7, 11) is 0. The Labute approximate surface area is 122 Å². The molecular formula is C14H20N2O5. The van der Waals surface area contributed by atoms with Crippen LogP contribution >= 0.6 is 0 Å². The molecule has 0 radical (unpaired) electrons. The lowest BCUT2D eigenvalue weighted by molar-refractivity contribution is -0.228. The third-order valence-electron chi connectivity index (χ3n) is 4.32. The minimum absolute atomic E-state index is 0.427. The van der Waals surface area contributed by atoms with Crippen molar-refractivity contribution in [1.29, 1.82) is 0 Å². The Morgan fingerprint density at radius 2 is 2.05 bits per heavy atom. The Morgan fingerprint density at radius 3 is 2.76 bits per heavy atom. The van der Waals surface area contributed by atoms with Gasteiger partial charge in [-0.25, -0.2) is 4.98 Å². The number of hydrogen-bond acceptors (Lipinski definition) is 7. The number of aliphatic hydroxyl groups excluding tert-OH is 4. The lowest BCUT2D eigenvalue weighted by atomic mass is 9.98. The van der Waals surface area contributed by atoms with Crippen LogP contribution in [0.15, 0.2) is 12.3 Å². The molecule has 7 nitrogen and oxygen atoms in total. The standard InChI is InChI=1S/C14H20N2O5/c1-7-2-4-15-13-8(7)3-5-16(13)14-12(20)11(19)10(18)9(6-17)21-14/h2,4,9-12,14,17-20H,3,5-6H2,1H3/t9-,10-,11+,12-,14-/m1/s1. The molecule has 0 aromatic carbocycles. The maximum absolute atomic E-state index is 10.2. The molecule has 0 aliphatic carbocycles. The summed E-state index contributed by atoms with van der Waals surface area (Å²) in [6.45, 7) is 2.18. The first-order valence-electron chi connectivity index (χ1n) is 7.06. The highest BCUT2D eigenvalue weighted by Gasteiger charge is 2.47. The summed E-state index contributed by atoms with van der Waals surface area (Å²) in [6.07, 6.45) is -3.24. The zero-order valence-corrected chi connectivity index (χ0v) is 11.8. The first kappa shape index (κ1) is 14.7. The maximum Gasteiger partial charge on any atom is 0.160 e. The Kier molecular flexibility index (Phi) is 3.85. The van der Waals surface area contributed by atoms with E-state index in [0.29, 0.717) is 6.54 Å². The van der Waals surface area contributed by atoms with Crippen molar-refractivity contribution < 1.29 is 25.2 Å². The third kappa shape index (κ3) is 2.31. The minimum Gasteiger partial charge on any atom is -0.394 e. The summed E-state index contributed by atoms with van der Waals surface area (Å²) < 4.78 is 5.59. The number of ether oxygens (including phenoxy) is 1. The van der Waals surface area contributed by atoms with Crippen LogP contribution in [0.2, 0.25) is 0 Å². The van der Waals surface area contributed by atoms with Crippen molar-refractivity contribution in [1.82, 2.24) is 4.98 Å². The van der Waals surface area contributed by atoms with Gasteiger partial charge in [-0.05, 0) is 30.5 Å². The molecule has 0 unspecified atom stereocenters. The van der Waals surface area contributed by atoms with E-state index < -0.39 is 37.3 Å². The fraction of sp³-hybridized carbons (Fsp3) is 0.643. The number of aromatic nitrogens is 1. The minimum atomic E-state index is -1.37. The fourth-order valence-electron chi connectivity index (χ4n) is 3.06. The molecule has 1 aromatic rings. The van der Waals surface area contributed by atoms with Gasteiger partial charge in [-0.1, -0.05) is 0 Å². The van der Waals surface area contributed by atoms with Crippen molar-refractivity contribution in [2.45, 2.75) is 44.0 Å². The number of anilines is 1. The van der Waals surface area contributed by atoms with E-state index >= 15 is 0 Å². The van der Waals surface area contributed by atoms with Crippen LogP contribution in [0.25, 0.3) is 0 Å². The molecule has 0 bridgehead atoms. The third-order valence-corrected chi connectivity index (χ3v) is 4.32. The molecule has 5 atom stereocenters. The van der Waals surface area contributed by atoms with Crippen molar-refractivity contribution in [2.75, 3.05) is 18.1 Å². The van der Waals surface area contributed by atoms with Gasteiger partial charge in [0, 0.05) is 12.7 Å². The zero-order chi connectivity index (χ0) is 15.1. The summed E-state index contributed by atoms with van der Waals surface area (Å²) in [6, 6.07) is 1.93. The second-order valence-electron chi connectivity index (χ2n) is 5.59.